The summed E-state index contributed by atoms with van der Waals surface area (Å²) >= 11 is 0. The van der Waals surface area contributed by atoms with Crippen molar-refractivity contribution in [2.75, 3.05) is 0 Å². The number of nitrogens with zero attached hydrogens (tertiary/aromatic N) is 8. The van der Waals surface area contributed by atoms with Gasteiger partial charge >= 0.3 is 0 Å². The minimum atomic E-state index is 0.634. The Bertz CT molecular complexity index is 7560. The predicted octanol–water partition coefficient (Wildman–Crippen LogP) is 28.8. The predicted molar refractivity (Wildman–Crippen MR) is 496 cm³/mol. The Hall–Kier alpha value is -16.2. The number of fused-ring (bicyclic) bond motifs is 8. The zero-order valence-corrected chi connectivity index (χ0v) is 65.1. The van der Waals surface area contributed by atoms with Gasteiger partial charge in [0.2, 0.25) is 0 Å². The van der Waals surface area contributed by atoms with Crippen molar-refractivity contribution in [2.45, 2.75) is 0 Å². The highest BCUT2D eigenvalue weighted by atomic mass is 15.0. The van der Waals surface area contributed by atoms with Gasteiger partial charge in [-0.25, -0.2) is 39.9 Å². The fourth-order valence-electron chi connectivity index (χ4n) is 16.3. The van der Waals surface area contributed by atoms with E-state index in [1.54, 1.807) is 0 Å². The lowest BCUT2D eigenvalue weighted by Crippen LogP contribution is -2.00. The van der Waals surface area contributed by atoms with E-state index in [0.717, 1.165) is 133 Å². The van der Waals surface area contributed by atoms with Crippen LogP contribution >= 0.6 is 0 Å². The first-order valence-corrected chi connectivity index (χ1v) is 40.4. The van der Waals surface area contributed by atoms with Gasteiger partial charge in [0.15, 0.2) is 34.9 Å². The molecule has 0 saturated carbocycles. The SMILES string of the molecule is c1ccc(-c2ccc(-c3nc(-c4ccccc4)nc(-c4ccc(-c5ccc(-c6cccc(-c7nc8cc9ccccc9cc8c8ccccc78)c6)cc5)cc4)n3)cc2)cc1.c1ccc(-c2ccc(-c3nc(-c4ccccc4)nc(-c4ccc(-c5ccc(-c6cccc(-c7nc8ccccc8c8cc9ccccc9cc78)c6)cc5)cc4)n3)cc2)cc1. The van der Waals surface area contributed by atoms with Crippen LogP contribution in [0.4, 0.5) is 0 Å². The van der Waals surface area contributed by atoms with E-state index in [4.69, 9.17) is 39.9 Å². The molecule has 0 aliphatic heterocycles. The van der Waals surface area contributed by atoms with Crippen molar-refractivity contribution in [1.29, 1.82) is 0 Å². The lowest BCUT2D eigenvalue weighted by atomic mass is 9.94. The molecular formula is C112H72N8. The van der Waals surface area contributed by atoms with Crippen molar-refractivity contribution < 1.29 is 0 Å². The average molecular weight is 1530 g/mol. The van der Waals surface area contributed by atoms with E-state index in [1.165, 1.54) is 54.2 Å². The smallest absolute Gasteiger partial charge is 0.164 e. The van der Waals surface area contributed by atoms with Crippen molar-refractivity contribution in [3.8, 4) is 158 Å². The molecule has 22 rings (SSSR count). The van der Waals surface area contributed by atoms with Crippen molar-refractivity contribution in [1.82, 2.24) is 39.9 Å². The third kappa shape index (κ3) is 14.4. The summed E-state index contributed by atoms with van der Waals surface area (Å²) in [6.07, 6.45) is 0. The lowest BCUT2D eigenvalue weighted by molar-refractivity contribution is 1.07. The van der Waals surface area contributed by atoms with Gasteiger partial charge in [-0.15, -0.1) is 0 Å². The molecule has 0 radical (unpaired) electrons. The summed E-state index contributed by atoms with van der Waals surface area (Å²) in [6.45, 7) is 0. The van der Waals surface area contributed by atoms with Crippen LogP contribution in [0, 0.1) is 0 Å². The van der Waals surface area contributed by atoms with E-state index in [1.807, 2.05) is 72.8 Å². The van der Waals surface area contributed by atoms with Crippen LogP contribution in [0.25, 0.3) is 222 Å². The number of pyridine rings is 2. The third-order valence-electron chi connectivity index (χ3n) is 22.6. The first-order chi connectivity index (χ1) is 59.4. The minimum Gasteiger partial charge on any atom is -0.247 e. The summed E-state index contributed by atoms with van der Waals surface area (Å²) in [7, 11) is 0. The fraction of sp³-hybridized carbons (Fsp3) is 0. The summed E-state index contributed by atoms with van der Waals surface area (Å²) < 4.78 is 0. The molecule has 0 aliphatic carbocycles. The second kappa shape index (κ2) is 31.6. The minimum absolute atomic E-state index is 0.634. The molecule has 0 fully saturated rings. The van der Waals surface area contributed by atoms with Crippen LogP contribution in [0.5, 0.6) is 0 Å². The first-order valence-electron chi connectivity index (χ1n) is 40.4. The van der Waals surface area contributed by atoms with Crippen LogP contribution in [0.2, 0.25) is 0 Å². The molecule has 18 aromatic carbocycles. The zero-order valence-electron chi connectivity index (χ0n) is 65.1. The summed E-state index contributed by atoms with van der Waals surface area (Å²) in [5.74, 6) is 3.83. The molecule has 0 spiro atoms. The molecule has 0 atom stereocenters. The van der Waals surface area contributed by atoms with Gasteiger partial charge in [0.05, 0.1) is 22.4 Å². The second-order valence-corrected chi connectivity index (χ2v) is 30.1. The van der Waals surface area contributed by atoms with Gasteiger partial charge in [-0.3, -0.25) is 0 Å². The maximum absolute atomic E-state index is 5.28. The van der Waals surface area contributed by atoms with E-state index >= 15 is 0 Å². The molecule has 22 aromatic rings. The van der Waals surface area contributed by atoms with Crippen LogP contribution in [-0.2, 0) is 0 Å². The van der Waals surface area contributed by atoms with E-state index in [0.29, 0.717) is 34.9 Å². The van der Waals surface area contributed by atoms with Crippen LogP contribution in [0.1, 0.15) is 0 Å². The van der Waals surface area contributed by atoms with Gasteiger partial charge in [0, 0.05) is 66.1 Å². The quantitative estimate of drug-likeness (QED) is 0.0784. The Morgan fingerprint density at radius 1 is 0.108 bits per heavy atom. The zero-order chi connectivity index (χ0) is 79.7. The largest absolute Gasteiger partial charge is 0.247 e. The number of hydrogen-bond acceptors (Lipinski definition) is 8. The maximum Gasteiger partial charge on any atom is 0.164 e. The van der Waals surface area contributed by atoms with Crippen LogP contribution in [0.15, 0.2) is 437 Å². The number of benzene rings is 18. The van der Waals surface area contributed by atoms with E-state index in [2.05, 4.69) is 364 Å². The molecule has 0 bridgehead atoms. The van der Waals surface area contributed by atoms with Crippen LogP contribution in [-0.4, -0.2) is 39.9 Å². The Labute approximate surface area is 694 Å². The van der Waals surface area contributed by atoms with Crippen LogP contribution in [0.3, 0.4) is 0 Å². The monoisotopic (exact) mass is 1530 g/mol. The molecule has 8 nitrogen and oxygen atoms in total. The molecule has 0 aliphatic rings. The van der Waals surface area contributed by atoms with E-state index < -0.39 is 0 Å². The van der Waals surface area contributed by atoms with Gasteiger partial charge in [-0.05, 0) is 142 Å². The molecule has 0 N–H and O–H groups in total. The third-order valence-corrected chi connectivity index (χ3v) is 22.6. The maximum atomic E-state index is 5.28. The summed E-state index contributed by atoms with van der Waals surface area (Å²) in [6, 6.07) is 153. The number of para-hydroxylation sites is 1. The van der Waals surface area contributed by atoms with Gasteiger partial charge < -0.3 is 0 Å². The van der Waals surface area contributed by atoms with Crippen molar-refractivity contribution in [3.63, 3.8) is 0 Å². The van der Waals surface area contributed by atoms with Gasteiger partial charge in [-0.2, -0.15) is 0 Å². The highest BCUT2D eigenvalue weighted by molar-refractivity contribution is 6.16. The molecule has 4 aromatic heterocycles. The Balaban J connectivity index is 0.000000148. The molecule has 8 heteroatoms. The number of rotatable bonds is 14. The van der Waals surface area contributed by atoms with Gasteiger partial charge in [0.1, 0.15) is 0 Å². The fourth-order valence-corrected chi connectivity index (χ4v) is 16.3. The van der Waals surface area contributed by atoms with Crippen molar-refractivity contribution in [3.05, 3.63) is 437 Å². The molecule has 0 unspecified atom stereocenters. The Morgan fingerprint density at radius 3 is 0.717 bits per heavy atom. The standard InChI is InChI=1S/2C56H36N4/c1-3-12-37(13-4-1)38-26-30-43(31-27-38)55-58-54(42-14-5-2-6-15-42)59-56(60-55)44-32-28-40(29-33-44)39-22-24-41(25-23-39)45-18-11-19-48(34-45)53-51-36-47-17-8-7-16-46(47)35-50(51)49-20-9-10-21-52(49)57-53;1-3-12-37(13-4-1)38-26-30-43(31-27-38)55-58-54(42-14-5-2-6-15-42)59-56(60-55)44-32-28-40(29-33-44)39-22-24-41(25-23-39)45-18-11-19-48(34-45)53-50-21-10-9-20-49(50)51-35-46-16-7-8-17-47(46)36-52(51)57-53/h2*1-36H. The molecule has 120 heavy (non-hydrogen) atoms. The van der Waals surface area contributed by atoms with E-state index in [-0.39, 0.29) is 0 Å². The lowest BCUT2D eigenvalue weighted by Gasteiger charge is -2.13. The molecule has 0 saturated heterocycles. The molecular weight excluding hydrogens is 1460 g/mol. The highest BCUT2D eigenvalue weighted by Gasteiger charge is 2.20. The normalized spacial score (nSPS) is 11.3. The van der Waals surface area contributed by atoms with Gasteiger partial charge in [-0.1, -0.05) is 394 Å². The second-order valence-electron chi connectivity index (χ2n) is 30.1. The van der Waals surface area contributed by atoms with Crippen molar-refractivity contribution in [2.24, 2.45) is 0 Å². The molecule has 4 heterocycles. The van der Waals surface area contributed by atoms with Crippen molar-refractivity contribution >= 4 is 64.9 Å². The van der Waals surface area contributed by atoms with Gasteiger partial charge in [0.25, 0.3) is 0 Å². The molecule has 0 amide bonds. The summed E-state index contributed by atoms with van der Waals surface area (Å²) in [5.41, 5.74) is 25.5. The Kier molecular flexibility index (Phi) is 18.8. The number of aromatic nitrogens is 8. The van der Waals surface area contributed by atoms with E-state index in [9.17, 15) is 0 Å². The van der Waals surface area contributed by atoms with Crippen LogP contribution < -0.4 is 0 Å². The summed E-state index contributed by atoms with van der Waals surface area (Å²) in [5, 5.41) is 11.9. The molecule has 560 valence electrons. The topological polar surface area (TPSA) is 103 Å². The summed E-state index contributed by atoms with van der Waals surface area (Å²) in [4.78, 5) is 40.3. The highest BCUT2D eigenvalue weighted by Crippen LogP contribution is 2.41. The number of hydrogen-bond donors (Lipinski definition) is 0. The Morgan fingerprint density at radius 2 is 0.342 bits per heavy atom. The average Bonchev–Trinajstić information content (AvgIpc) is 0.750. The first kappa shape index (κ1) is 71.6.